The van der Waals surface area contributed by atoms with Gasteiger partial charge < -0.3 is 4.74 Å². The summed E-state index contributed by atoms with van der Waals surface area (Å²) < 4.78 is 58.6. The summed E-state index contributed by atoms with van der Waals surface area (Å²) in [6.07, 6.45) is 0.591. The van der Waals surface area contributed by atoms with E-state index < -0.39 is 20.0 Å². The molecule has 0 radical (unpaired) electrons. The smallest absolute Gasteiger partial charge is 0.261 e. The third-order valence-corrected chi connectivity index (χ3v) is 7.54. The van der Waals surface area contributed by atoms with Gasteiger partial charge in [-0.1, -0.05) is 0 Å². The second-order valence-corrected chi connectivity index (χ2v) is 9.95. The van der Waals surface area contributed by atoms with Crippen molar-refractivity contribution in [3.05, 3.63) is 48.0 Å². The molecule has 1 aliphatic heterocycles. The molecule has 0 aromatic heterocycles. The second-order valence-electron chi connectivity index (χ2n) is 6.25. The molecule has 0 aliphatic carbocycles. The van der Waals surface area contributed by atoms with E-state index in [-0.39, 0.29) is 10.6 Å². The minimum atomic E-state index is -3.76. The fourth-order valence-corrected chi connectivity index (χ4v) is 5.62. The predicted octanol–water partition coefficient (Wildman–Crippen LogP) is 2.73. The first-order valence-corrected chi connectivity index (χ1v) is 11.7. The normalized spacial score (nSPS) is 16.3. The van der Waals surface area contributed by atoms with Gasteiger partial charge in [-0.25, -0.2) is 16.8 Å². The lowest BCUT2D eigenvalue weighted by Crippen LogP contribution is -2.25. The highest BCUT2D eigenvalue weighted by Gasteiger charge is 2.28. The van der Waals surface area contributed by atoms with Gasteiger partial charge in [0.15, 0.2) is 0 Å². The lowest BCUT2D eigenvalue weighted by Gasteiger charge is -2.19. The van der Waals surface area contributed by atoms with Crippen molar-refractivity contribution in [2.75, 3.05) is 27.9 Å². The molecule has 1 heterocycles. The van der Waals surface area contributed by atoms with Gasteiger partial charge in [-0.2, -0.15) is 0 Å². The number of nitrogens with zero attached hydrogens (tertiary/aromatic N) is 1. The number of ether oxygens (including phenoxy) is 1. The first-order chi connectivity index (χ1) is 12.7. The first-order valence-electron chi connectivity index (χ1n) is 8.60. The highest BCUT2D eigenvalue weighted by atomic mass is 32.2. The standard InChI is InChI=1S/C18H22N2O5S2/c1-3-25-16-6-8-17(9-7-16)27(23,24)19-18-10-5-15(13-14(18)2)20-11-4-12-26(20,21)22/h5-10,13,19H,3-4,11-12H2,1-2H3. The number of benzene rings is 2. The highest BCUT2D eigenvalue weighted by molar-refractivity contribution is 7.93. The van der Waals surface area contributed by atoms with Crippen LogP contribution in [-0.4, -0.2) is 35.7 Å². The summed E-state index contributed by atoms with van der Waals surface area (Å²) in [6.45, 7) is 4.54. The Morgan fingerprint density at radius 2 is 1.85 bits per heavy atom. The quantitative estimate of drug-likeness (QED) is 0.790. The maximum absolute atomic E-state index is 12.6. The van der Waals surface area contributed by atoms with Crippen LogP contribution in [-0.2, 0) is 20.0 Å². The van der Waals surface area contributed by atoms with Gasteiger partial charge in [-0.15, -0.1) is 0 Å². The lowest BCUT2D eigenvalue weighted by atomic mass is 10.2. The Hall–Kier alpha value is -2.26. The van der Waals surface area contributed by atoms with E-state index in [1.54, 1.807) is 37.3 Å². The molecule has 0 saturated carbocycles. The van der Waals surface area contributed by atoms with Crippen molar-refractivity contribution in [2.24, 2.45) is 0 Å². The molecule has 3 rings (SSSR count). The number of hydrogen-bond acceptors (Lipinski definition) is 5. The maximum Gasteiger partial charge on any atom is 0.261 e. The molecule has 27 heavy (non-hydrogen) atoms. The van der Waals surface area contributed by atoms with Crippen LogP contribution < -0.4 is 13.8 Å². The van der Waals surface area contributed by atoms with E-state index in [2.05, 4.69) is 4.72 Å². The second kappa shape index (κ2) is 7.40. The van der Waals surface area contributed by atoms with E-state index in [0.717, 1.165) is 0 Å². The Labute approximate surface area is 160 Å². The van der Waals surface area contributed by atoms with Gasteiger partial charge in [-0.05, 0) is 68.3 Å². The molecule has 0 atom stereocenters. The molecule has 1 N–H and O–H groups in total. The molecular weight excluding hydrogens is 388 g/mol. The lowest BCUT2D eigenvalue weighted by molar-refractivity contribution is 0.340. The number of anilines is 2. The van der Waals surface area contributed by atoms with E-state index >= 15 is 0 Å². The zero-order chi connectivity index (χ0) is 19.7. The summed E-state index contributed by atoms with van der Waals surface area (Å²) in [5.74, 6) is 0.738. The molecule has 2 aromatic carbocycles. The van der Waals surface area contributed by atoms with Gasteiger partial charge >= 0.3 is 0 Å². The van der Waals surface area contributed by atoms with Gasteiger partial charge in [-0.3, -0.25) is 9.03 Å². The van der Waals surface area contributed by atoms with E-state index in [4.69, 9.17) is 4.74 Å². The van der Waals surface area contributed by atoms with Crippen LogP contribution >= 0.6 is 0 Å². The van der Waals surface area contributed by atoms with Gasteiger partial charge in [0.2, 0.25) is 10.0 Å². The van der Waals surface area contributed by atoms with Gasteiger partial charge in [0, 0.05) is 6.54 Å². The SMILES string of the molecule is CCOc1ccc(S(=O)(=O)Nc2ccc(N3CCCS3(=O)=O)cc2C)cc1. The van der Waals surface area contributed by atoms with Crippen LogP contribution in [0.3, 0.4) is 0 Å². The third-order valence-electron chi connectivity index (χ3n) is 4.29. The average Bonchev–Trinajstić information content (AvgIpc) is 2.96. The molecule has 9 heteroatoms. The van der Waals surface area contributed by atoms with Crippen molar-refractivity contribution < 1.29 is 21.6 Å². The molecule has 146 valence electrons. The largest absolute Gasteiger partial charge is 0.494 e. The molecule has 0 bridgehead atoms. The van der Waals surface area contributed by atoms with Crippen molar-refractivity contribution in [3.8, 4) is 5.75 Å². The van der Waals surface area contributed by atoms with Crippen LogP contribution in [0.4, 0.5) is 11.4 Å². The Kier molecular flexibility index (Phi) is 5.34. The van der Waals surface area contributed by atoms with Crippen molar-refractivity contribution in [2.45, 2.75) is 25.2 Å². The van der Waals surface area contributed by atoms with Crippen LogP contribution in [0.25, 0.3) is 0 Å². The number of sulfonamides is 2. The minimum absolute atomic E-state index is 0.122. The summed E-state index contributed by atoms with van der Waals surface area (Å²) in [5, 5.41) is 0. The fourth-order valence-electron chi connectivity index (χ4n) is 2.93. The van der Waals surface area contributed by atoms with Crippen molar-refractivity contribution >= 4 is 31.4 Å². The summed E-state index contributed by atoms with van der Waals surface area (Å²) in [7, 11) is -7.03. The summed E-state index contributed by atoms with van der Waals surface area (Å²) in [4.78, 5) is 0.122. The zero-order valence-corrected chi connectivity index (χ0v) is 16.8. The Morgan fingerprint density at radius 3 is 2.41 bits per heavy atom. The Bertz CT molecular complexity index is 1030. The molecule has 1 saturated heterocycles. The van der Waals surface area contributed by atoms with Gasteiger partial charge in [0.25, 0.3) is 10.0 Å². The van der Waals surface area contributed by atoms with Crippen molar-refractivity contribution in [1.82, 2.24) is 0 Å². The van der Waals surface area contributed by atoms with Crippen LogP contribution in [0, 0.1) is 6.92 Å². The van der Waals surface area contributed by atoms with E-state index in [9.17, 15) is 16.8 Å². The van der Waals surface area contributed by atoms with E-state index in [1.165, 1.54) is 16.4 Å². The van der Waals surface area contributed by atoms with Crippen molar-refractivity contribution in [1.29, 1.82) is 0 Å². The van der Waals surface area contributed by atoms with Gasteiger partial charge in [0.1, 0.15) is 5.75 Å². The Balaban J connectivity index is 1.82. The number of aryl methyl sites for hydroxylation is 1. The summed E-state index contributed by atoms with van der Waals surface area (Å²) >= 11 is 0. The molecule has 0 spiro atoms. The third kappa shape index (κ3) is 4.19. The van der Waals surface area contributed by atoms with Gasteiger partial charge in [0.05, 0.1) is 28.6 Å². The predicted molar refractivity (Wildman–Crippen MR) is 105 cm³/mol. The molecule has 1 aliphatic rings. The molecule has 0 unspecified atom stereocenters. The first kappa shape index (κ1) is 19.5. The number of hydrogen-bond donors (Lipinski definition) is 1. The van der Waals surface area contributed by atoms with Crippen LogP contribution in [0.15, 0.2) is 47.4 Å². The van der Waals surface area contributed by atoms with E-state index in [1.807, 2.05) is 6.92 Å². The topological polar surface area (TPSA) is 92.8 Å². The number of rotatable bonds is 6. The molecule has 7 nitrogen and oxygen atoms in total. The molecule has 2 aromatic rings. The van der Waals surface area contributed by atoms with Crippen LogP contribution in [0.5, 0.6) is 5.75 Å². The molecule has 0 amide bonds. The molecular formula is C18H22N2O5S2. The monoisotopic (exact) mass is 410 g/mol. The van der Waals surface area contributed by atoms with Crippen LogP contribution in [0.1, 0.15) is 18.9 Å². The van der Waals surface area contributed by atoms with Crippen LogP contribution in [0.2, 0.25) is 0 Å². The Morgan fingerprint density at radius 1 is 1.15 bits per heavy atom. The summed E-state index contributed by atoms with van der Waals surface area (Å²) in [6, 6.07) is 11.1. The molecule has 1 fully saturated rings. The fraction of sp³-hybridized carbons (Fsp3) is 0.333. The highest BCUT2D eigenvalue weighted by Crippen LogP contribution is 2.29. The minimum Gasteiger partial charge on any atom is -0.494 e. The van der Waals surface area contributed by atoms with E-state index in [0.29, 0.717) is 42.3 Å². The van der Waals surface area contributed by atoms with Crippen molar-refractivity contribution in [3.63, 3.8) is 0 Å². The maximum atomic E-state index is 12.6. The summed E-state index contributed by atoms with van der Waals surface area (Å²) in [5.41, 5.74) is 1.60. The number of nitrogens with one attached hydrogen (secondary N) is 1. The zero-order valence-electron chi connectivity index (χ0n) is 15.2. The average molecular weight is 411 g/mol.